The van der Waals surface area contributed by atoms with E-state index in [1.807, 2.05) is 13.0 Å². The lowest BCUT2D eigenvalue weighted by Crippen LogP contribution is -2.06. The van der Waals surface area contributed by atoms with Crippen LogP contribution in [0.2, 0.25) is 0 Å². The van der Waals surface area contributed by atoms with E-state index in [1.54, 1.807) is 18.2 Å². The molecule has 0 radical (unpaired) electrons. The van der Waals surface area contributed by atoms with Crippen LogP contribution in [-0.4, -0.2) is 30.9 Å². The van der Waals surface area contributed by atoms with E-state index in [9.17, 15) is 9.90 Å². The Bertz CT molecular complexity index is 389. The van der Waals surface area contributed by atoms with Crippen LogP contribution < -0.4 is 4.74 Å². The Kier molecular flexibility index (Phi) is 6.97. The van der Waals surface area contributed by atoms with Crippen LogP contribution in [0.15, 0.2) is 24.3 Å². The fourth-order valence-electron chi connectivity index (χ4n) is 1.71. The van der Waals surface area contributed by atoms with Gasteiger partial charge in [-0.3, -0.25) is 0 Å². The number of carbonyl (C=O) groups is 1. The summed E-state index contributed by atoms with van der Waals surface area (Å²) >= 11 is 0. The summed E-state index contributed by atoms with van der Waals surface area (Å²) in [5, 5.41) is 9.41. The lowest BCUT2D eigenvalue weighted by Gasteiger charge is -2.09. The molecule has 1 unspecified atom stereocenters. The van der Waals surface area contributed by atoms with Crippen molar-refractivity contribution in [3.05, 3.63) is 29.8 Å². The highest BCUT2D eigenvalue weighted by molar-refractivity contribution is 5.89. The molecule has 0 amide bonds. The average molecular weight is 266 g/mol. The normalized spacial score (nSPS) is 11.9. The number of aliphatic hydroxyl groups excluding tert-OH is 1. The minimum Gasteiger partial charge on any atom is -0.494 e. The second-order valence-corrected chi connectivity index (χ2v) is 4.43. The van der Waals surface area contributed by atoms with Gasteiger partial charge in [-0.2, -0.15) is 0 Å². The number of carbonyl (C=O) groups excluding carboxylic acids is 1. The number of ether oxygens (including phenoxy) is 2. The number of unbranched alkanes of at least 4 members (excludes halogenated alkanes) is 1. The van der Waals surface area contributed by atoms with E-state index in [2.05, 4.69) is 4.74 Å². The molecule has 4 heteroatoms. The molecular formula is C15H22O4. The summed E-state index contributed by atoms with van der Waals surface area (Å²) in [5.74, 6) is 0.301. The lowest BCUT2D eigenvalue weighted by molar-refractivity contribution is 0.0600. The van der Waals surface area contributed by atoms with E-state index in [1.165, 1.54) is 7.11 Å². The molecule has 19 heavy (non-hydrogen) atoms. The molecule has 1 aromatic rings. The molecule has 1 rings (SSSR count). The van der Waals surface area contributed by atoms with Gasteiger partial charge in [0.25, 0.3) is 0 Å². The second kappa shape index (κ2) is 8.53. The second-order valence-electron chi connectivity index (χ2n) is 4.43. The molecule has 0 aromatic heterocycles. The van der Waals surface area contributed by atoms with Crippen molar-refractivity contribution in [3.63, 3.8) is 0 Å². The Morgan fingerprint density at radius 3 is 2.84 bits per heavy atom. The summed E-state index contributed by atoms with van der Waals surface area (Å²) in [7, 11) is 1.36. The van der Waals surface area contributed by atoms with E-state index < -0.39 is 0 Å². The Balaban J connectivity index is 2.31. The van der Waals surface area contributed by atoms with E-state index in [4.69, 9.17) is 4.74 Å². The summed E-state index contributed by atoms with van der Waals surface area (Å²) in [4.78, 5) is 11.3. The average Bonchev–Trinajstić information content (AvgIpc) is 2.46. The maximum absolute atomic E-state index is 11.3. The first-order valence-corrected chi connectivity index (χ1v) is 6.66. The van der Waals surface area contributed by atoms with Crippen LogP contribution in [0, 0.1) is 0 Å². The van der Waals surface area contributed by atoms with Gasteiger partial charge < -0.3 is 14.6 Å². The number of esters is 1. The Morgan fingerprint density at radius 1 is 1.37 bits per heavy atom. The van der Waals surface area contributed by atoms with Crippen molar-refractivity contribution in [1.82, 2.24) is 0 Å². The van der Waals surface area contributed by atoms with Crippen molar-refractivity contribution in [3.8, 4) is 5.75 Å². The highest BCUT2D eigenvalue weighted by Gasteiger charge is 2.06. The Morgan fingerprint density at radius 2 is 2.16 bits per heavy atom. The van der Waals surface area contributed by atoms with Crippen molar-refractivity contribution in [2.75, 3.05) is 13.7 Å². The van der Waals surface area contributed by atoms with Crippen LogP contribution in [0.5, 0.6) is 5.75 Å². The highest BCUT2D eigenvalue weighted by atomic mass is 16.5. The predicted molar refractivity (Wildman–Crippen MR) is 73.4 cm³/mol. The van der Waals surface area contributed by atoms with Crippen LogP contribution in [0.4, 0.5) is 0 Å². The van der Waals surface area contributed by atoms with Gasteiger partial charge in [0.05, 0.1) is 25.4 Å². The molecule has 1 N–H and O–H groups in total. The number of rotatable bonds is 8. The summed E-state index contributed by atoms with van der Waals surface area (Å²) in [6.07, 6.45) is 3.22. The maximum atomic E-state index is 11.3. The van der Waals surface area contributed by atoms with Gasteiger partial charge in [-0.05, 0) is 43.9 Å². The standard InChI is InChI=1S/C15H22O4/c1-3-13(16)8-4-5-10-19-14-9-6-7-12(11-14)15(17)18-2/h6-7,9,11,13,16H,3-5,8,10H2,1-2H3. The number of benzene rings is 1. The summed E-state index contributed by atoms with van der Waals surface area (Å²) in [6.45, 7) is 2.56. The van der Waals surface area contributed by atoms with Crippen molar-refractivity contribution in [2.45, 2.75) is 38.7 Å². The molecule has 0 saturated carbocycles. The van der Waals surface area contributed by atoms with Gasteiger partial charge >= 0.3 is 5.97 Å². The van der Waals surface area contributed by atoms with Gasteiger partial charge in [-0.25, -0.2) is 4.79 Å². The summed E-state index contributed by atoms with van der Waals surface area (Å²) < 4.78 is 10.2. The predicted octanol–water partition coefficient (Wildman–Crippen LogP) is 2.79. The lowest BCUT2D eigenvalue weighted by atomic mass is 10.1. The van der Waals surface area contributed by atoms with Gasteiger partial charge in [-0.1, -0.05) is 13.0 Å². The Labute approximate surface area is 114 Å². The molecule has 106 valence electrons. The third-order valence-corrected chi connectivity index (χ3v) is 2.93. The van der Waals surface area contributed by atoms with Gasteiger partial charge in [-0.15, -0.1) is 0 Å². The molecule has 0 aliphatic heterocycles. The molecule has 0 saturated heterocycles. The van der Waals surface area contributed by atoms with Crippen LogP contribution in [-0.2, 0) is 4.74 Å². The number of aliphatic hydroxyl groups is 1. The first-order chi connectivity index (χ1) is 9.17. The minimum atomic E-state index is -0.364. The first kappa shape index (κ1) is 15.5. The monoisotopic (exact) mass is 266 g/mol. The SMILES string of the molecule is CCC(O)CCCCOc1cccc(C(=O)OC)c1. The number of hydrogen-bond donors (Lipinski definition) is 1. The van der Waals surface area contributed by atoms with Gasteiger partial charge in [0.2, 0.25) is 0 Å². The minimum absolute atomic E-state index is 0.206. The van der Waals surface area contributed by atoms with E-state index in [0.29, 0.717) is 17.9 Å². The molecule has 0 fully saturated rings. The fraction of sp³-hybridized carbons (Fsp3) is 0.533. The molecular weight excluding hydrogens is 244 g/mol. The van der Waals surface area contributed by atoms with Gasteiger partial charge in [0.1, 0.15) is 5.75 Å². The molecule has 0 bridgehead atoms. The molecule has 0 heterocycles. The molecule has 0 aliphatic carbocycles. The smallest absolute Gasteiger partial charge is 0.337 e. The quantitative estimate of drug-likeness (QED) is 0.580. The highest BCUT2D eigenvalue weighted by Crippen LogP contribution is 2.15. The van der Waals surface area contributed by atoms with Crippen LogP contribution in [0.25, 0.3) is 0 Å². The molecule has 4 nitrogen and oxygen atoms in total. The van der Waals surface area contributed by atoms with Crippen molar-refractivity contribution in [2.24, 2.45) is 0 Å². The van der Waals surface area contributed by atoms with Gasteiger partial charge in [0, 0.05) is 0 Å². The van der Waals surface area contributed by atoms with Crippen molar-refractivity contribution >= 4 is 5.97 Å². The van der Waals surface area contributed by atoms with Crippen LogP contribution in [0.3, 0.4) is 0 Å². The number of methoxy groups -OCH3 is 1. The summed E-state index contributed by atoms with van der Waals surface area (Å²) in [6, 6.07) is 6.94. The largest absolute Gasteiger partial charge is 0.494 e. The van der Waals surface area contributed by atoms with E-state index >= 15 is 0 Å². The topological polar surface area (TPSA) is 55.8 Å². The fourth-order valence-corrected chi connectivity index (χ4v) is 1.71. The Hall–Kier alpha value is -1.55. The molecule has 1 aromatic carbocycles. The van der Waals surface area contributed by atoms with Gasteiger partial charge in [0.15, 0.2) is 0 Å². The maximum Gasteiger partial charge on any atom is 0.337 e. The third-order valence-electron chi connectivity index (χ3n) is 2.93. The van der Waals surface area contributed by atoms with E-state index in [-0.39, 0.29) is 12.1 Å². The molecule has 1 atom stereocenters. The third kappa shape index (κ3) is 5.75. The van der Waals surface area contributed by atoms with Crippen LogP contribution in [0.1, 0.15) is 43.0 Å². The molecule has 0 aliphatic rings. The van der Waals surface area contributed by atoms with Crippen molar-refractivity contribution < 1.29 is 19.4 Å². The van der Waals surface area contributed by atoms with Crippen LogP contribution >= 0.6 is 0 Å². The molecule has 0 spiro atoms. The first-order valence-electron chi connectivity index (χ1n) is 6.66. The zero-order valence-electron chi connectivity index (χ0n) is 11.6. The zero-order valence-corrected chi connectivity index (χ0v) is 11.6. The van der Waals surface area contributed by atoms with E-state index in [0.717, 1.165) is 25.7 Å². The zero-order chi connectivity index (χ0) is 14.1. The number of hydrogen-bond acceptors (Lipinski definition) is 4. The van der Waals surface area contributed by atoms with Crippen molar-refractivity contribution in [1.29, 1.82) is 0 Å². The summed E-state index contributed by atoms with van der Waals surface area (Å²) in [5.41, 5.74) is 0.487.